The minimum Gasteiger partial charge on any atom is -0.550 e. The van der Waals surface area contributed by atoms with E-state index in [2.05, 4.69) is 30.7 Å². The summed E-state index contributed by atoms with van der Waals surface area (Å²) in [7, 11) is 0. The molecule has 25 nitrogen and oxygen atoms in total. The maximum absolute atomic E-state index is 14.3. The number of carboxylic acid groups (broad SMARTS) is 4. The number of nitrogens with two attached hydrogens (primary N) is 1. The smallest absolute Gasteiger partial charge is 0.550 e. The van der Waals surface area contributed by atoms with Gasteiger partial charge in [0.15, 0.2) is 23.8 Å². The van der Waals surface area contributed by atoms with Gasteiger partial charge in [-0.2, -0.15) is 0 Å². The van der Waals surface area contributed by atoms with Crippen molar-refractivity contribution in [3.8, 4) is 0 Å². The molecule has 96 heavy (non-hydrogen) atoms. The fraction of sp³-hybridized carbons (Fsp3) is 0.657. The zero-order valence-electron chi connectivity index (χ0n) is 56.5. The predicted molar refractivity (Wildman–Crippen MR) is 350 cm³/mol. The third kappa shape index (κ3) is 21.0. The van der Waals surface area contributed by atoms with Crippen LogP contribution in [0.15, 0.2) is 63.3 Å². The molecule has 4 saturated carbocycles. The van der Waals surface area contributed by atoms with Crippen molar-refractivity contribution in [3.63, 3.8) is 0 Å². The Hall–Kier alpha value is -6.48. The van der Waals surface area contributed by atoms with Crippen LogP contribution >= 0.6 is 0 Å². The number of rotatable bonds is 19. The molecule has 520 valence electrons. The summed E-state index contributed by atoms with van der Waals surface area (Å²) < 4.78 is 13.9. The average molecular weight is 1350 g/mol. The van der Waals surface area contributed by atoms with Crippen molar-refractivity contribution < 1.29 is 103 Å². The van der Waals surface area contributed by atoms with Gasteiger partial charge in [0, 0.05) is 74.1 Å². The van der Waals surface area contributed by atoms with Gasteiger partial charge >= 0.3 is 53.4 Å². The maximum Gasteiger partial charge on any atom is 1.00 e. The number of ether oxygens (including phenoxy) is 2. The Morgan fingerprint density at radius 1 is 0.521 bits per heavy atom. The summed E-state index contributed by atoms with van der Waals surface area (Å²) in [4.78, 5) is 128. The Bertz CT molecular complexity index is 3400. The van der Waals surface area contributed by atoms with E-state index in [1.165, 1.54) is 116 Å². The van der Waals surface area contributed by atoms with Gasteiger partial charge in [0.25, 0.3) is 17.1 Å². The number of piperidine rings is 4. The number of ketones is 1. The number of fused-ring (bicyclic) bond motifs is 10. The monoisotopic (exact) mass is 1340 g/mol. The van der Waals surface area contributed by atoms with E-state index < -0.39 is 49.0 Å². The van der Waals surface area contributed by atoms with Crippen LogP contribution in [0.5, 0.6) is 0 Å². The van der Waals surface area contributed by atoms with Crippen LogP contribution in [-0.2, 0) is 47.9 Å². The van der Waals surface area contributed by atoms with Crippen LogP contribution in [0.1, 0.15) is 223 Å². The molecular formula is C70H97N8NaO17. The molecule has 4 aromatic rings. The van der Waals surface area contributed by atoms with Crippen molar-refractivity contribution in [2.45, 2.75) is 243 Å². The molecule has 0 radical (unpaired) electrons. The van der Waals surface area contributed by atoms with Crippen molar-refractivity contribution in [3.05, 3.63) is 80.6 Å². The average Bonchev–Trinajstić information content (AvgIpc) is 0.755. The fourth-order valence-electron chi connectivity index (χ4n) is 17.1. The molecule has 6 heterocycles. The largest absolute Gasteiger partial charge is 1.00 e. The van der Waals surface area contributed by atoms with E-state index >= 15 is 0 Å². The van der Waals surface area contributed by atoms with Gasteiger partial charge in [0.1, 0.15) is 5.71 Å². The third-order valence-corrected chi connectivity index (χ3v) is 20.2. The van der Waals surface area contributed by atoms with Crippen LogP contribution in [0.2, 0.25) is 0 Å². The van der Waals surface area contributed by atoms with E-state index in [4.69, 9.17) is 49.3 Å². The normalized spacial score (nSPS) is 26.5. The second kappa shape index (κ2) is 37.5. The van der Waals surface area contributed by atoms with Crippen LogP contribution in [0.25, 0.3) is 22.1 Å². The van der Waals surface area contributed by atoms with Gasteiger partial charge in [0.05, 0.1) is 48.1 Å². The number of Topliss-reactive ketones (excluding diaryl/α,β-unsaturated/α-hetero) is 1. The molecular weight excluding hydrogens is 1250 g/mol. The molecule has 8 bridgehead atoms. The molecule has 0 amide bonds. The molecule has 4 aliphatic carbocycles. The Balaban J connectivity index is 0.000000225. The summed E-state index contributed by atoms with van der Waals surface area (Å²) in [6.45, 7) is 4.95. The Morgan fingerprint density at radius 2 is 0.885 bits per heavy atom. The molecule has 10 atom stereocenters. The first-order valence-corrected chi connectivity index (χ1v) is 34.4. The van der Waals surface area contributed by atoms with Gasteiger partial charge in [-0.05, 0) is 159 Å². The molecule has 5 N–H and O–H groups in total. The summed E-state index contributed by atoms with van der Waals surface area (Å²) in [5.74, 6) is 2.52. The van der Waals surface area contributed by atoms with Crippen LogP contribution in [0.3, 0.4) is 0 Å². The first-order valence-electron chi connectivity index (χ1n) is 34.4. The Morgan fingerprint density at radius 3 is 1.26 bits per heavy atom. The van der Waals surface area contributed by atoms with E-state index in [1.807, 2.05) is 57.7 Å². The zero-order chi connectivity index (χ0) is 68.3. The number of esters is 2. The number of aromatic nitrogens is 4. The number of hydrogen-bond acceptors (Lipinski definition) is 20. The number of carbonyl (C=O) groups is 7. The van der Waals surface area contributed by atoms with Gasteiger partial charge in [-0.25, -0.2) is 25.5 Å². The number of carbonyl (C=O) groups excluding carboxylic acids is 4. The molecule has 8 aliphatic rings. The number of benzene rings is 2. The van der Waals surface area contributed by atoms with E-state index in [-0.39, 0.29) is 115 Å². The molecule has 2 aromatic heterocycles. The first kappa shape index (κ1) is 76.9. The number of carboxylic acids is 4. The molecule has 2 aromatic carbocycles. The first-order chi connectivity index (χ1) is 45.7. The summed E-state index contributed by atoms with van der Waals surface area (Å²) in [5.41, 5.74) is 2.56. The van der Waals surface area contributed by atoms with E-state index in [0.717, 1.165) is 74.2 Å². The third-order valence-electron chi connectivity index (χ3n) is 20.2. The van der Waals surface area contributed by atoms with Crippen molar-refractivity contribution in [1.82, 2.24) is 28.9 Å². The van der Waals surface area contributed by atoms with Crippen molar-refractivity contribution in [2.75, 3.05) is 26.4 Å². The van der Waals surface area contributed by atoms with Gasteiger partial charge in [-0.3, -0.25) is 43.4 Å². The van der Waals surface area contributed by atoms with Gasteiger partial charge < -0.3 is 48.7 Å². The van der Waals surface area contributed by atoms with Crippen molar-refractivity contribution in [2.24, 2.45) is 34.7 Å². The zero-order valence-corrected chi connectivity index (χ0v) is 58.5. The fourth-order valence-corrected chi connectivity index (χ4v) is 17.1. The molecule has 12 rings (SSSR count). The van der Waals surface area contributed by atoms with E-state index in [0.29, 0.717) is 47.3 Å². The molecule has 26 heteroatoms. The second-order valence-corrected chi connectivity index (χ2v) is 26.9. The second-order valence-electron chi connectivity index (χ2n) is 26.9. The molecule has 6 unspecified atom stereocenters. The van der Waals surface area contributed by atoms with Gasteiger partial charge in [-0.1, -0.05) is 80.8 Å². The maximum atomic E-state index is 14.3. The molecule has 4 saturated heterocycles. The van der Waals surface area contributed by atoms with E-state index in [1.54, 1.807) is 13.8 Å². The summed E-state index contributed by atoms with van der Waals surface area (Å²) in [5, 5.41) is 37.1. The number of hydrogen-bond donors (Lipinski definition) is 4. The number of nitrogens with zero attached hydrogens (tertiary/aromatic N) is 7. The van der Waals surface area contributed by atoms with Crippen LogP contribution in [0.4, 0.5) is 0 Å². The minimum absolute atomic E-state index is 0. The SMILES string of the molecule is CC(=O)O.CC(=O)[O-].CCOC(=O)CCC(=NOCC(=O)O)c1nc2ccccc2n(C2C[C@H]3CCC[C@@H](C2)N3C2CC3CCCC(C3)C2)c1=O.CCOC(=O)CCC(=O)c1nc2ccccc2n(C2C[C@H]3CCC[C@@H](C2)N3C2CC3CCCC(C3)C2)c1=O.NOCC(=O)O.[Na+]. The quantitative estimate of drug-likeness (QED) is 0.0303. The topological polar surface area (TPSA) is 355 Å². The van der Waals surface area contributed by atoms with Crippen molar-refractivity contribution in [1.29, 1.82) is 0 Å². The Labute approximate surface area is 582 Å². The summed E-state index contributed by atoms with van der Waals surface area (Å²) in [6, 6.07) is 18.7. The summed E-state index contributed by atoms with van der Waals surface area (Å²) >= 11 is 0. The number of oxime groups is 1. The number of para-hydroxylation sites is 4. The van der Waals surface area contributed by atoms with Gasteiger partial charge in [0.2, 0.25) is 6.61 Å². The molecule has 0 spiro atoms. The van der Waals surface area contributed by atoms with Crippen molar-refractivity contribution >= 4 is 69.4 Å². The number of aliphatic carboxylic acids is 4. The predicted octanol–water partition coefficient (Wildman–Crippen LogP) is 5.33. The van der Waals surface area contributed by atoms with Crippen LogP contribution < -0.4 is 51.7 Å². The standard InChI is InChI=1S/C33H44N4O6.C31H41N3O4.C2H5NO3.2C2H4O2.Na/c1-2-42-31(40)14-13-28(35-43-20-30(38)39)32-33(41)37(29-12-4-3-11-27(29)34-32)26-18-23-9-6-10-24(19-26)36(23)25-16-21-7-5-8-22(15-21)17-25;1-2-38-29(36)14-13-28(35)30-31(37)34(27-12-4-3-11-26(27)32-30)25-18-22-9-6-10-23(19-25)33(22)24-16-20-7-5-8-21(15-20)17-24;3-6-1-2(4)5;2*1-2(3)4;/h3-4,11-12,21-26H,2,5-10,13-20H2,1H3,(H,38,39);3-4,11-12,20-25H,2,5-10,13-19H2,1H3;1,3H2,(H,4,5);2*1H3,(H,3,4);/q;;;;;+1/p-1/t21?,22?,23-,24+,25?,26?;20?,21?,22-,23+,24?,25?;;;;. The van der Waals surface area contributed by atoms with Crippen LogP contribution in [-0.4, -0.2) is 154 Å². The van der Waals surface area contributed by atoms with Gasteiger partial charge in [-0.15, -0.1) is 0 Å². The van der Waals surface area contributed by atoms with Crippen LogP contribution in [0, 0.1) is 23.7 Å². The van der Waals surface area contributed by atoms with E-state index in [9.17, 15) is 33.6 Å². The summed E-state index contributed by atoms with van der Waals surface area (Å²) in [6.07, 6.45) is 27.5. The molecule has 4 aliphatic heterocycles. The molecule has 8 fully saturated rings. The minimum atomic E-state index is -1.18. The Kier molecular flexibility index (Phi) is 30.0.